The van der Waals surface area contributed by atoms with Crippen LogP contribution in [0, 0.1) is 12.8 Å². The number of nitrogens with zero attached hydrogens (tertiary/aromatic N) is 2. The number of aromatic nitrogens is 2. The molecule has 0 saturated carbocycles. The second-order valence-corrected chi connectivity index (χ2v) is 7.95. The van der Waals surface area contributed by atoms with Crippen LogP contribution in [-0.4, -0.2) is 34.9 Å². The summed E-state index contributed by atoms with van der Waals surface area (Å²) in [5, 5.41) is 5.52. The number of hydrogen-bond acceptors (Lipinski definition) is 5. The van der Waals surface area contributed by atoms with Crippen LogP contribution in [0.3, 0.4) is 0 Å². The number of aryl methyl sites for hydroxylation is 1. The van der Waals surface area contributed by atoms with Crippen LogP contribution in [-0.2, 0) is 9.59 Å². The third kappa shape index (κ3) is 3.87. The van der Waals surface area contributed by atoms with E-state index in [1.54, 1.807) is 6.07 Å². The predicted octanol–water partition coefficient (Wildman–Crippen LogP) is 2.38. The SMILES string of the molecule is Cc1ccccc1NC(=O)[C@@H]1CC(=O)Nc2nc(N3CCC[C@H](C)C3)[nH]c(=O)c21. The molecule has 3 N–H and O–H groups in total. The van der Waals surface area contributed by atoms with Gasteiger partial charge in [0.15, 0.2) is 0 Å². The van der Waals surface area contributed by atoms with Crippen LogP contribution in [0.1, 0.15) is 43.2 Å². The minimum Gasteiger partial charge on any atom is -0.342 e. The number of carbonyl (C=O) groups is 2. The number of fused-ring (bicyclic) bond motifs is 1. The summed E-state index contributed by atoms with van der Waals surface area (Å²) < 4.78 is 0. The van der Waals surface area contributed by atoms with E-state index in [-0.39, 0.29) is 35.2 Å². The highest BCUT2D eigenvalue weighted by Crippen LogP contribution is 2.31. The second-order valence-electron chi connectivity index (χ2n) is 7.95. The molecule has 8 nitrogen and oxygen atoms in total. The quantitative estimate of drug-likeness (QED) is 0.740. The van der Waals surface area contributed by atoms with Crippen molar-refractivity contribution in [3.63, 3.8) is 0 Å². The first-order valence-electron chi connectivity index (χ1n) is 9.98. The molecular formula is C21H25N5O3. The number of amides is 2. The Bertz CT molecular complexity index is 1020. The molecule has 2 aliphatic heterocycles. The van der Waals surface area contributed by atoms with E-state index in [0.717, 1.165) is 31.5 Å². The van der Waals surface area contributed by atoms with E-state index in [1.165, 1.54) is 0 Å². The van der Waals surface area contributed by atoms with E-state index >= 15 is 0 Å². The van der Waals surface area contributed by atoms with Crippen molar-refractivity contribution < 1.29 is 9.59 Å². The lowest BCUT2D eigenvalue weighted by Crippen LogP contribution is -2.40. The first kappa shape index (κ1) is 19.2. The Labute approximate surface area is 168 Å². The van der Waals surface area contributed by atoms with Gasteiger partial charge in [-0.05, 0) is 37.3 Å². The van der Waals surface area contributed by atoms with Gasteiger partial charge >= 0.3 is 0 Å². The van der Waals surface area contributed by atoms with Crippen LogP contribution in [0.5, 0.6) is 0 Å². The van der Waals surface area contributed by atoms with Crippen molar-refractivity contribution in [3.8, 4) is 0 Å². The van der Waals surface area contributed by atoms with Gasteiger partial charge in [-0.25, -0.2) is 0 Å². The van der Waals surface area contributed by atoms with Crippen molar-refractivity contribution in [2.45, 2.75) is 39.0 Å². The molecule has 1 aromatic heterocycles. The van der Waals surface area contributed by atoms with Crippen molar-refractivity contribution >= 4 is 29.3 Å². The van der Waals surface area contributed by atoms with E-state index in [0.29, 0.717) is 17.6 Å². The fourth-order valence-corrected chi connectivity index (χ4v) is 4.05. The normalized spacial score (nSPS) is 21.3. The van der Waals surface area contributed by atoms with Gasteiger partial charge in [0.25, 0.3) is 5.56 Å². The highest BCUT2D eigenvalue weighted by atomic mass is 16.2. The second kappa shape index (κ2) is 7.69. The number of nitrogens with one attached hydrogen (secondary N) is 3. The van der Waals surface area contributed by atoms with E-state index in [4.69, 9.17) is 0 Å². The standard InChI is InChI=1S/C21H25N5O3/c1-12-6-5-9-26(11-12)21-24-18-17(20(29)25-21)14(10-16(27)23-18)19(28)22-15-8-4-3-7-13(15)2/h3-4,7-8,12,14H,5-6,9-11H2,1-2H3,(H,22,28)(H2,23,24,25,27,29)/t12-,14+/m0/s1. The summed E-state index contributed by atoms with van der Waals surface area (Å²) in [5.74, 6) is -0.458. The third-order valence-corrected chi connectivity index (χ3v) is 5.61. The van der Waals surface area contributed by atoms with Gasteiger partial charge < -0.3 is 15.5 Å². The molecule has 1 fully saturated rings. The Morgan fingerprint density at radius 2 is 2.07 bits per heavy atom. The summed E-state index contributed by atoms with van der Waals surface area (Å²) in [6.45, 7) is 5.65. The molecule has 0 bridgehead atoms. The summed E-state index contributed by atoms with van der Waals surface area (Å²) in [5.41, 5.74) is 1.40. The number of H-pyrrole nitrogens is 1. The summed E-state index contributed by atoms with van der Waals surface area (Å²) in [6, 6.07) is 7.38. The highest BCUT2D eigenvalue weighted by molar-refractivity contribution is 6.04. The van der Waals surface area contributed by atoms with Gasteiger partial charge in [0.1, 0.15) is 5.82 Å². The molecule has 1 aromatic carbocycles. The monoisotopic (exact) mass is 395 g/mol. The molecule has 2 amide bonds. The maximum Gasteiger partial charge on any atom is 0.258 e. The molecule has 29 heavy (non-hydrogen) atoms. The average Bonchev–Trinajstić information content (AvgIpc) is 2.68. The fourth-order valence-electron chi connectivity index (χ4n) is 4.05. The van der Waals surface area contributed by atoms with Crippen molar-refractivity contribution in [2.75, 3.05) is 28.6 Å². The zero-order valence-corrected chi connectivity index (χ0v) is 16.6. The van der Waals surface area contributed by atoms with E-state index in [9.17, 15) is 14.4 Å². The number of hydrogen-bond donors (Lipinski definition) is 3. The maximum atomic E-state index is 12.9. The van der Waals surface area contributed by atoms with Gasteiger partial charge in [0.05, 0.1) is 11.5 Å². The number of para-hydroxylation sites is 1. The average molecular weight is 395 g/mol. The molecule has 152 valence electrons. The van der Waals surface area contributed by atoms with Gasteiger partial charge in [-0.2, -0.15) is 4.98 Å². The molecule has 0 radical (unpaired) electrons. The van der Waals surface area contributed by atoms with Gasteiger partial charge in [0.2, 0.25) is 17.8 Å². The minimum atomic E-state index is -0.885. The Morgan fingerprint density at radius 1 is 1.28 bits per heavy atom. The maximum absolute atomic E-state index is 12.9. The Balaban J connectivity index is 1.66. The lowest BCUT2D eigenvalue weighted by molar-refractivity contribution is -0.123. The molecule has 2 aromatic rings. The molecule has 2 aliphatic rings. The van der Waals surface area contributed by atoms with Crippen LogP contribution in [0.15, 0.2) is 29.1 Å². The van der Waals surface area contributed by atoms with E-state index in [2.05, 4.69) is 27.5 Å². The Kier molecular flexibility index (Phi) is 5.08. The van der Waals surface area contributed by atoms with Crippen LogP contribution in [0.25, 0.3) is 0 Å². The Morgan fingerprint density at radius 3 is 2.83 bits per heavy atom. The number of anilines is 3. The van der Waals surface area contributed by atoms with Crippen molar-refractivity contribution in [1.82, 2.24) is 9.97 Å². The lowest BCUT2D eigenvalue weighted by Gasteiger charge is -2.32. The number of benzene rings is 1. The van der Waals surface area contributed by atoms with Gasteiger partial charge in [-0.1, -0.05) is 25.1 Å². The smallest absolute Gasteiger partial charge is 0.258 e. The number of aromatic amines is 1. The Hall–Kier alpha value is -3.16. The largest absolute Gasteiger partial charge is 0.342 e. The van der Waals surface area contributed by atoms with Crippen LogP contribution < -0.4 is 21.1 Å². The van der Waals surface area contributed by atoms with Crippen LogP contribution in [0.2, 0.25) is 0 Å². The summed E-state index contributed by atoms with van der Waals surface area (Å²) in [6.07, 6.45) is 2.08. The molecule has 0 aliphatic carbocycles. The van der Waals surface area contributed by atoms with Gasteiger partial charge in [-0.15, -0.1) is 0 Å². The predicted molar refractivity (Wildman–Crippen MR) is 111 cm³/mol. The van der Waals surface area contributed by atoms with Crippen molar-refractivity contribution in [2.24, 2.45) is 5.92 Å². The summed E-state index contributed by atoms with van der Waals surface area (Å²) in [7, 11) is 0. The van der Waals surface area contributed by atoms with E-state index in [1.807, 2.05) is 30.0 Å². The van der Waals surface area contributed by atoms with Crippen LogP contribution in [0.4, 0.5) is 17.5 Å². The molecule has 4 rings (SSSR count). The summed E-state index contributed by atoms with van der Waals surface area (Å²) in [4.78, 5) is 47.4. The molecular weight excluding hydrogens is 370 g/mol. The minimum absolute atomic E-state index is 0.0877. The van der Waals surface area contributed by atoms with Gasteiger partial charge in [0, 0.05) is 25.2 Å². The highest BCUT2D eigenvalue weighted by Gasteiger charge is 2.35. The molecule has 8 heteroatoms. The van der Waals surface area contributed by atoms with E-state index < -0.39 is 5.92 Å². The number of piperidine rings is 1. The molecule has 2 atom stereocenters. The first-order valence-corrected chi connectivity index (χ1v) is 9.98. The topological polar surface area (TPSA) is 107 Å². The molecule has 0 unspecified atom stereocenters. The van der Waals surface area contributed by atoms with Crippen LogP contribution >= 0.6 is 0 Å². The van der Waals surface area contributed by atoms with Crippen molar-refractivity contribution in [1.29, 1.82) is 0 Å². The molecule has 0 spiro atoms. The summed E-state index contributed by atoms with van der Waals surface area (Å²) >= 11 is 0. The third-order valence-electron chi connectivity index (χ3n) is 5.61. The fraction of sp³-hybridized carbons (Fsp3) is 0.429. The lowest BCUT2D eigenvalue weighted by atomic mass is 9.92. The zero-order valence-electron chi connectivity index (χ0n) is 16.6. The molecule has 1 saturated heterocycles. The van der Waals surface area contributed by atoms with Gasteiger partial charge in [-0.3, -0.25) is 19.4 Å². The van der Waals surface area contributed by atoms with Crippen molar-refractivity contribution in [3.05, 3.63) is 45.7 Å². The number of carbonyl (C=O) groups excluding carboxylic acids is 2. The first-order chi connectivity index (χ1) is 13.9. The molecule has 3 heterocycles. The number of rotatable bonds is 3. The zero-order chi connectivity index (χ0) is 20.5.